The van der Waals surface area contributed by atoms with Gasteiger partial charge in [-0.3, -0.25) is 0 Å². The van der Waals surface area contributed by atoms with E-state index in [0.717, 1.165) is 18.2 Å². The van der Waals surface area contributed by atoms with Crippen LogP contribution >= 0.6 is 0 Å². The van der Waals surface area contributed by atoms with Gasteiger partial charge in [-0.2, -0.15) is 0 Å². The van der Waals surface area contributed by atoms with Crippen molar-refractivity contribution in [1.82, 2.24) is 4.72 Å². The van der Waals surface area contributed by atoms with Gasteiger partial charge in [-0.15, -0.1) is 0 Å². The first-order valence-electron chi connectivity index (χ1n) is 5.09. The lowest BCUT2D eigenvalue weighted by atomic mass is 10.3. The molecule has 1 unspecified atom stereocenters. The zero-order chi connectivity index (χ0) is 13.1. The van der Waals surface area contributed by atoms with Crippen molar-refractivity contribution in [3.05, 3.63) is 24.0 Å². The number of benzene rings is 1. The highest BCUT2D eigenvalue weighted by Gasteiger charge is 2.18. The van der Waals surface area contributed by atoms with E-state index in [9.17, 15) is 17.9 Å². The van der Waals surface area contributed by atoms with Gasteiger partial charge in [0.15, 0.2) is 0 Å². The molecule has 0 aliphatic heterocycles. The molecule has 0 saturated heterocycles. The van der Waals surface area contributed by atoms with E-state index < -0.39 is 21.9 Å². The van der Waals surface area contributed by atoms with E-state index in [1.165, 1.54) is 0 Å². The van der Waals surface area contributed by atoms with Crippen LogP contribution in [0.15, 0.2) is 23.1 Å². The van der Waals surface area contributed by atoms with Crippen LogP contribution in [-0.4, -0.2) is 26.2 Å². The third-order valence-electron chi connectivity index (χ3n) is 2.24. The maximum Gasteiger partial charge on any atom is 0.242 e. The van der Waals surface area contributed by atoms with E-state index >= 15 is 0 Å². The molecule has 17 heavy (non-hydrogen) atoms. The number of nitrogens with one attached hydrogen (secondary N) is 1. The Morgan fingerprint density at radius 1 is 1.53 bits per heavy atom. The number of sulfonamides is 1. The van der Waals surface area contributed by atoms with Crippen molar-refractivity contribution in [2.75, 3.05) is 12.3 Å². The van der Waals surface area contributed by atoms with Gasteiger partial charge in [0.25, 0.3) is 0 Å². The molecule has 0 spiro atoms. The largest absolute Gasteiger partial charge is 0.398 e. The second-order valence-electron chi connectivity index (χ2n) is 3.60. The zero-order valence-electron chi connectivity index (χ0n) is 9.35. The first-order chi connectivity index (χ1) is 7.86. The maximum atomic E-state index is 12.8. The molecular formula is C10H15FN2O3S. The Balaban J connectivity index is 2.90. The smallest absolute Gasteiger partial charge is 0.242 e. The van der Waals surface area contributed by atoms with Gasteiger partial charge in [0, 0.05) is 6.54 Å². The van der Waals surface area contributed by atoms with Crippen molar-refractivity contribution in [1.29, 1.82) is 0 Å². The lowest BCUT2D eigenvalue weighted by molar-refractivity contribution is 0.174. The molecule has 0 radical (unpaired) electrons. The fourth-order valence-corrected chi connectivity index (χ4v) is 2.38. The van der Waals surface area contributed by atoms with Crippen LogP contribution in [0.4, 0.5) is 10.1 Å². The number of nitrogens with two attached hydrogens (primary N) is 1. The van der Waals surface area contributed by atoms with Crippen molar-refractivity contribution in [3.63, 3.8) is 0 Å². The average Bonchev–Trinajstić information content (AvgIpc) is 2.25. The molecule has 0 aromatic heterocycles. The second kappa shape index (κ2) is 5.44. The highest BCUT2D eigenvalue weighted by Crippen LogP contribution is 2.18. The van der Waals surface area contributed by atoms with E-state index in [1.54, 1.807) is 6.92 Å². The summed E-state index contributed by atoms with van der Waals surface area (Å²) in [6, 6.07) is 3.04. The molecule has 0 aliphatic carbocycles. The Morgan fingerprint density at radius 2 is 2.18 bits per heavy atom. The van der Waals surface area contributed by atoms with E-state index in [-0.39, 0.29) is 17.1 Å². The van der Waals surface area contributed by atoms with Gasteiger partial charge in [-0.1, -0.05) is 6.92 Å². The Bertz CT molecular complexity index is 490. The van der Waals surface area contributed by atoms with Crippen molar-refractivity contribution in [3.8, 4) is 0 Å². The molecule has 0 bridgehead atoms. The van der Waals surface area contributed by atoms with Crippen molar-refractivity contribution >= 4 is 15.7 Å². The molecule has 1 aromatic carbocycles. The number of hydrogen-bond acceptors (Lipinski definition) is 4. The Morgan fingerprint density at radius 3 is 2.71 bits per heavy atom. The average molecular weight is 262 g/mol. The fourth-order valence-electron chi connectivity index (χ4n) is 1.19. The Labute approximate surface area is 99.5 Å². The predicted octanol–water partition coefficient (Wildman–Crippen LogP) is 0.457. The molecule has 96 valence electrons. The standard InChI is InChI=1S/C10H15FN2O3S/c1-2-8(14)6-13-17(15,16)10-4-3-7(11)5-9(10)12/h3-5,8,13-14H,2,6,12H2,1H3. The third-order valence-corrected chi connectivity index (χ3v) is 3.74. The summed E-state index contributed by atoms with van der Waals surface area (Å²) in [4.78, 5) is -0.192. The van der Waals surface area contributed by atoms with Gasteiger partial charge in [0.1, 0.15) is 10.7 Å². The van der Waals surface area contributed by atoms with E-state index in [1.807, 2.05) is 0 Å². The summed E-state index contributed by atoms with van der Waals surface area (Å²) in [5.41, 5.74) is 5.26. The molecule has 4 N–H and O–H groups in total. The number of anilines is 1. The highest BCUT2D eigenvalue weighted by atomic mass is 32.2. The van der Waals surface area contributed by atoms with E-state index in [0.29, 0.717) is 6.42 Å². The Kier molecular flexibility index (Phi) is 4.44. The first-order valence-corrected chi connectivity index (χ1v) is 6.58. The predicted molar refractivity (Wildman–Crippen MR) is 62.3 cm³/mol. The number of halogens is 1. The van der Waals surface area contributed by atoms with Crippen LogP contribution in [0.5, 0.6) is 0 Å². The normalized spacial score (nSPS) is 13.6. The maximum absolute atomic E-state index is 12.8. The molecule has 7 heteroatoms. The lowest BCUT2D eigenvalue weighted by Gasteiger charge is -2.11. The van der Waals surface area contributed by atoms with Crippen LogP contribution in [0.2, 0.25) is 0 Å². The third kappa shape index (κ3) is 3.65. The van der Waals surface area contributed by atoms with Crippen LogP contribution < -0.4 is 10.5 Å². The quantitative estimate of drug-likeness (QED) is 0.672. The van der Waals surface area contributed by atoms with Crippen LogP contribution in [-0.2, 0) is 10.0 Å². The van der Waals surface area contributed by atoms with Gasteiger partial charge in [-0.05, 0) is 24.6 Å². The molecule has 5 nitrogen and oxygen atoms in total. The zero-order valence-corrected chi connectivity index (χ0v) is 10.2. The van der Waals surface area contributed by atoms with Crippen LogP contribution in [0.1, 0.15) is 13.3 Å². The molecule has 0 fully saturated rings. The molecule has 0 heterocycles. The van der Waals surface area contributed by atoms with Gasteiger partial charge in [0.2, 0.25) is 10.0 Å². The van der Waals surface area contributed by atoms with E-state index in [4.69, 9.17) is 5.73 Å². The first kappa shape index (κ1) is 13.9. The Hall–Kier alpha value is -1.18. The van der Waals surface area contributed by atoms with Crippen molar-refractivity contribution in [2.24, 2.45) is 0 Å². The molecule has 0 amide bonds. The summed E-state index contributed by atoms with van der Waals surface area (Å²) >= 11 is 0. The minimum absolute atomic E-state index is 0.102. The SMILES string of the molecule is CCC(O)CNS(=O)(=O)c1ccc(F)cc1N. The summed E-state index contributed by atoms with van der Waals surface area (Å²) in [6.45, 7) is 1.63. The van der Waals surface area contributed by atoms with Crippen LogP contribution in [0, 0.1) is 5.82 Å². The number of aliphatic hydroxyl groups is 1. The molecule has 1 atom stereocenters. The molecule has 0 saturated carbocycles. The van der Waals surface area contributed by atoms with Gasteiger partial charge in [0.05, 0.1) is 11.8 Å². The van der Waals surface area contributed by atoms with Crippen LogP contribution in [0.25, 0.3) is 0 Å². The summed E-state index contributed by atoms with van der Waals surface area (Å²) in [5, 5.41) is 9.26. The van der Waals surface area contributed by atoms with Gasteiger partial charge >= 0.3 is 0 Å². The fraction of sp³-hybridized carbons (Fsp3) is 0.400. The van der Waals surface area contributed by atoms with Gasteiger partial charge < -0.3 is 10.8 Å². The van der Waals surface area contributed by atoms with E-state index in [2.05, 4.69) is 4.72 Å². The summed E-state index contributed by atoms with van der Waals surface area (Å²) in [6.07, 6.45) is -0.326. The lowest BCUT2D eigenvalue weighted by Crippen LogP contribution is -2.32. The summed E-state index contributed by atoms with van der Waals surface area (Å²) in [5.74, 6) is -0.602. The number of aliphatic hydroxyl groups excluding tert-OH is 1. The second-order valence-corrected chi connectivity index (χ2v) is 5.33. The van der Waals surface area contributed by atoms with Crippen molar-refractivity contribution in [2.45, 2.75) is 24.3 Å². The minimum Gasteiger partial charge on any atom is -0.398 e. The number of rotatable bonds is 5. The van der Waals surface area contributed by atoms with Gasteiger partial charge in [-0.25, -0.2) is 17.5 Å². The monoisotopic (exact) mass is 262 g/mol. The van der Waals surface area contributed by atoms with Crippen LogP contribution in [0.3, 0.4) is 0 Å². The summed E-state index contributed by atoms with van der Waals surface area (Å²) in [7, 11) is -3.81. The molecule has 1 rings (SSSR count). The topological polar surface area (TPSA) is 92.4 Å². The van der Waals surface area contributed by atoms with Crippen molar-refractivity contribution < 1.29 is 17.9 Å². The highest BCUT2D eigenvalue weighted by molar-refractivity contribution is 7.89. The number of nitrogen functional groups attached to an aromatic ring is 1. The molecular weight excluding hydrogens is 247 g/mol. The molecule has 0 aliphatic rings. The molecule has 1 aromatic rings. The summed E-state index contributed by atoms with van der Waals surface area (Å²) < 4.78 is 38.5. The minimum atomic E-state index is -3.81. The number of hydrogen-bond donors (Lipinski definition) is 3.